The van der Waals surface area contributed by atoms with E-state index in [1.165, 1.54) is 22.5 Å². The van der Waals surface area contributed by atoms with Gasteiger partial charge in [-0.15, -0.1) is 0 Å². The Morgan fingerprint density at radius 1 is 1.33 bits per heavy atom. The van der Waals surface area contributed by atoms with Crippen LogP contribution in [0.1, 0.15) is 37.0 Å². The van der Waals surface area contributed by atoms with Crippen LogP contribution in [-0.4, -0.2) is 36.4 Å². The average Bonchev–Trinajstić information content (AvgIpc) is 2.41. The first-order valence-corrected chi connectivity index (χ1v) is 9.01. The number of piperidine rings is 1. The molecule has 0 aliphatic carbocycles. The first kappa shape index (κ1) is 16.5. The highest BCUT2D eigenvalue weighted by atomic mass is 79.9. The Labute approximate surface area is 133 Å². The minimum atomic E-state index is -3.71. The van der Waals surface area contributed by atoms with E-state index >= 15 is 0 Å². The van der Waals surface area contributed by atoms with E-state index in [-0.39, 0.29) is 16.5 Å². The quantitative estimate of drug-likeness (QED) is 0.880. The maximum Gasteiger partial charge on any atom is 0.335 e. The van der Waals surface area contributed by atoms with Crippen molar-refractivity contribution in [1.82, 2.24) is 4.31 Å². The molecule has 0 amide bonds. The third kappa shape index (κ3) is 3.30. The van der Waals surface area contributed by atoms with Gasteiger partial charge in [0.25, 0.3) is 0 Å². The lowest BCUT2D eigenvalue weighted by atomic mass is 9.97. The third-order valence-electron chi connectivity index (χ3n) is 3.83. The van der Waals surface area contributed by atoms with Crippen LogP contribution in [0.25, 0.3) is 0 Å². The number of hydrogen-bond donors (Lipinski definition) is 1. The molecule has 21 heavy (non-hydrogen) atoms. The maximum absolute atomic E-state index is 12.8. The molecule has 2 unspecified atom stereocenters. The number of carboxylic acids is 1. The monoisotopic (exact) mass is 375 g/mol. The van der Waals surface area contributed by atoms with Gasteiger partial charge in [0.15, 0.2) is 0 Å². The lowest BCUT2D eigenvalue weighted by molar-refractivity contribution is 0.0696. The predicted octanol–water partition coefficient (Wildman–Crippen LogP) is 2.96. The second-order valence-corrected chi connectivity index (χ2v) is 8.27. The summed E-state index contributed by atoms with van der Waals surface area (Å²) in [7, 11) is -3.71. The Morgan fingerprint density at radius 3 is 2.62 bits per heavy atom. The summed E-state index contributed by atoms with van der Waals surface area (Å²) in [4.78, 5) is 11.1. The summed E-state index contributed by atoms with van der Waals surface area (Å²) < 4.78 is 27.5. The smallest absolute Gasteiger partial charge is 0.335 e. The molecule has 1 aromatic rings. The van der Waals surface area contributed by atoms with Gasteiger partial charge in [0.1, 0.15) is 0 Å². The fourth-order valence-electron chi connectivity index (χ4n) is 2.54. The number of hydrogen-bond acceptors (Lipinski definition) is 3. The number of nitrogens with zero attached hydrogens (tertiary/aromatic N) is 1. The molecule has 1 fully saturated rings. The van der Waals surface area contributed by atoms with Gasteiger partial charge >= 0.3 is 5.97 Å². The molecule has 0 spiro atoms. The van der Waals surface area contributed by atoms with Crippen LogP contribution in [0.4, 0.5) is 0 Å². The fourth-order valence-corrected chi connectivity index (χ4v) is 5.28. The SMILES string of the molecule is CC1CCC(C)N(S(=O)(=O)c2cc(C(=O)O)ccc2Br)C1. The number of sulfonamides is 1. The van der Waals surface area contributed by atoms with E-state index in [1.54, 1.807) is 0 Å². The number of rotatable bonds is 3. The second-order valence-electron chi connectivity index (χ2n) is 5.56. The van der Waals surface area contributed by atoms with Gasteiger partial charge in [0.05, 0.1) is 10.5 Å². The summed E-state index contributed by atoms with van der Waals surface area (Å²) in [6.45, 7) is 4.38. The van der Waals surface area contributed by atoms with Gasteiger partial charge in [-0.05, 0) is 59.8 Å². The summed E-state index contributed by atoms with van der Waals surface area (Å²) in [6, 6.07) is 3.99. The highest BCUT2D eigenvalue weighted by Crippen LogP contribution is 2.31. The van der Waals surface area contributed by atoms with Crippen LogP contribution in [0.15, 0.2) is 27.6 Å². The van der Waals surface area contributed by atoms with Gasteiger partial charge in [-0.25, -0.2) is 13.2 Å². The van der Waals surface area contributed by atoms with Crippen LogP contribution in [-0.2, 0) is 10.0 Å². The Balaban J connectivity index is 2.48. The Kier molecular flexibility index (Phi) is 4.75. The summed E-state index contributed by atoms with van der Waals surface area (Å²) in [6.07, 6.45) is 1.82. The Morgan fingerprint density at radius 2 is 2.00 bits per heavy atom. The van der Waals surface area contributed by atoms with E-state index in [1.807, 2.05) is 13.8 Å². The molecule has 7 heteroatoms. The van der Waals surface area contributed by atoms with Crippen molar-refractivity contribution in [2.45, 2.75) is 37.6 Å². The molecule has 0 saturated carbocycles. The molecular weight excluding hydrogens is 358 g/mol. The largest absolute Gasteiger partial charge is 0.478 e. The molecule has 2 atom stereocenters. The molecular formula is C14H18BrNO4S. The van der Waals surface area contributed by atoms with Gasteiger partial charge in [-0.2, -0.15) is 4.31 Å². The standard InChI is InChI=1S/C14H18BrNO4S/c1-9-3-4-10(2)16(8-9)21(19,20)13-7-11(14(17)18)5-6-12(13)15/h5-7,9-10H,3-4,8H2,1-2H3,(H,17,18). The molecule has 1 saturated heterocycles. The van der Waals surface area contributed by atoms with E-state index in [0.29, 0.717) is 16.9 Å². The molecule has 1 aliphatic heterocycles. The van der Waals surface area contributed by atoms with Crippen LogP contribution < -0.4 is 0 Å². The molecule has 1 N–H and O–H groups in total. The zero-order valence-corrected chi connectivity index (χ0v) is 14.3. The van der Waals surface area contributed by atoms with Crippen molar-refractivity contribution in [3.63, 3.8) is 0 Å². The third-order valence-corrected chi connectivity index (χ3v) is 6.80. The molecule has 2 rings (SSSR count). The first-order chi connectivity index (χ1) is 9.73. The van der Waals surface area contributed by atoms with Gasteiger partial charge < -0.3 is 5.11 Å². The molecule has 0 bridgehead atoms. The van der Waals surface area contributed by atoms with E-state index in [0.717, 1.165) is 12.8 Å². The molecule has 5 nitrogen and oxygen atoms in total. The van der Waals surface area contributed by atoms with Crippen LogP contribution in [0, 0.1) is 5.92 Å². The van der Waals surface area contributed by atoms with Crippen molar-refractivity contribution >= 4 is 31.9 Å². The molecule has 116 valence electrons. The van der Waals surface area contributed by atoms with Crippen molar-refractivity contribution in [1.29, 1.82) is 0 Å². The van der Waals surface area contributed by atoms with Gasteiger partial charge in [0.2, 0.25) is 10.0 Å². The van der Waals surface area contributed by atoms with E-state index in [4.69, 9.17) is 5.11 Å². The normalized spacial score (nSPS) is 24.0. The van der Waals surface area contributed by atoms with Crippen LogP contribution in [0.3, 0.4) is 0 Å². The minimum Gasteiger partial charge on any atom is -0.478 e. The van der Waals surface area contributed by atoms with Gasteiger partial charge in [0, 0.05) is 17.1 Å². The zero-order valence-electron chi connectivity index (χ0n) is 11.9. The highest BCUT2D eigenvalue weighted by molar-refractivity contribution is 9.10. The summed E-state index contributed by atoms with van der Waals surface area (Å²) in [5, 5.41) is 9.05. The number of aromatic carboxylic acids is 1. The molecule has 1 aromatic carbocycles. The summed E-state index contributed by atoms with van der Waals surface area (Å²) in [5.74, 6) is -0.837. The Hall–Kier alpha value is -0.920. The van der Waals surface area contributed by atoms with Crippen molar-refractivity contribution in [2.24, 2.45) is 5.92 Å². The molecule has 1 heterocycles. The molecule has 0 radical (unpaired) electrons. The number of halogens is 1. The van der Waals surface area contributed by atoms with Crippen molar-refractivity contribution < 1.29 is 18.3 Å². The first-order valence-electron chi connectivity index (χ1n) is 6.78. The van der Waals surface area contributed by atoms with Crippen molar-refractivity contribution in [3.05, 3.63) is 28.2 Å². The Bertz CT molecular complexity index is 659. The number of carbonyl (C=O) groups is 1. The molecule has 1 aliphatic rings. The lowest BCUT2D eigenvalue weighted by Crippen LogP contribution is -2.44. The predicted molar refractivity (Wildman–Crippen MR) is 82.9 cm³/mol. The van der Waals surface area contributed by atoms with E-state index < -0.39 is 16.0 Å². The van der Waals surface area contributed by atoms with Crippen molar-refractivity contribution in [2.75, 3.05) is 6.54 Å². The summed E-state index contributed by atoms with van der Waals surface area (Å²) in [5.41, 5.74) is -0.0329. The fraction of sp³-hybridized carbons (Fsp3) is 0.500. The van der Waals surface area contributed by atoms with Gasteiger partial charge in [-0.1, -0.05) is 6.92 Å². The summed E-state index contributed by atoms with van der Waals surface area (Å²) >= 11 is 3.22. The van der Waals surface area contributed by atoms with E-state index in [9.17, 15) is 13.2 Å². The lowest BCUT2D eigenvalue weighted by Gasteiger charge is -2.35. The van der Waals surface area contributed by atoms with Crippen molar-refractivity contribution in [3.8, 4) is 0 Å². The topological polar surface area (TPSA) is 74.7 Å². The second kappa shape index (κ2) is 6.06. The minimum absolute atomic E-state index is 0.0170. The average molecular weight is 376 g/mol. The van der Waals surface area contributed by atoms with Crippen LogP contribution in [0.2, 0.25) is 0 Å². The highest BCUT2D eigenvalue weighted by Gasteiger charge is 2.34. The number of carboxylic acid groups (broad SMARTS) is 1. The zero-order chi connectivity index (χ0) is 15.8. The van der Waals surface area contributed by atoms with Crippen LogP contribution >= 0.6 is 15.9 Å². The van der Waals surface area contributed by atoms with Crippen LogP contribution in [0.5, 0.6) is 0 Å². The maximum atomic E-state index is 12.8. The molecule has 0 aromatic heterocycles. The number of benzene rings is 1. The van der Waals surface area contributed by atoms with E-state index in [2.05, 4.69) is 15.9 Å². The van der Waals surface area contributed by atoms with Gasteiger partial charge in [-0.3, -0.25) is 0 Å².